The zero-order valence-corrected chi connectivity index (χ0v) is 9.56. The summed E-state index contributed by atoms with van der Waals surface area (Å²) < 4.78 is 0. The number of carbonyl (C=O) groups excluding carboxylic acids is 1. The van der Waals surface area contributed by atoms with Gasteiger partial charge in [0, 0.05) is 26.1 Å². The fourth-order valence-electron chi connectivity index (χ4n) is 1.03. The Morgan fingerprint density at radius 3 is 2.69 bits per heavy atom. The number of nitrogens with zero attached hydrogens (tertiary/aromatic N) is 1. The van der Waals surface area contributed by atoms with E-state index in [1.807, 2.05) is 18.8 Å². The second-order valence-electron chi connectivity index (χ2n) is 3.17. The number of hydrogen-bond donors (Lipinski definition) is 1. The average molecular weight is 204 g/mol. The first-order chi connectivity index (χ1) is 6.13. The number of thioether (sulfide) groups is 1. The van der Waals surface area contributed by atoms with Crippen molar-refractivity contribution in [2.24, 2.45) is 5.73 Å². The zero-order chi connectivity index (χ0) is 10.3. The van der Waals surface area contributed by atoms with E-state index in [-0.39, 0.29) is 5.91 Å². The van der Waals surface area contributed by atoms with Crippen LogP contribution in [-0.4, -0.2) is 42.4 Å². The second-order valence-corrected chi connectivity index (χ2v) is 4.16. The van der Waals surface area contributed by atoms with E-state index in [4.69, 9.17) is 5.73 Å². The van der Waals surface area contributed by atoms with Crippen molar-refractivity contribution in [3.8, 4) is 0 Å². The van der Waals surface area contributed by atoms with Gasteiger partial charge in [-0.05, 0) is 25.4 Å². The van der Waals surface area contributed by atoms with Crippen LogP contribution in [0.2, 0.25) is 0 Å². The van der Waals surface area contributed by atoms with E-state index in [0.29, 0.717) is 19.0 Å². The van der Waals surface area contributed by atoms with Crippen LogP contribution in [0, 0.1) is 0 Å². The Labute approximate surface area is 85.0 Å². The summed E-state index contributed by atoms with van der Waals surface area (Å²) in [6.07, 6.45) is 3.59. The van der Waals surface area contributed by atoms with Crippen molar-refractivity contribution in [1.29, 1.82) is 0 Å². The lowest BCUT2D eigenvalue weighted by molar-refractivity contribution is -0.131. The molecule has 0 aliphatic carbocycles. The first-order valence-electron chi connectivity index (χ1n) is 4.58. The molecule has 0 saturated carbocycles. The van der Waals surface area contributed by atoms with E-state index in [1.54, 1.807) is 4.90 Å². The molecule has 0 fully saturated rings. The molecule has 0 bridgehead atoms. The monoisotopic (exact) mass is 204 g/mol. The van der Waals surface area contributed by atoms with E-state index in [2.05, 4.69) is 13.2 Å². The molecule has 2 N–H and O–H groups in total. The van der Waals surface area contributed by atoms with E-state index < -0.39 is 0 Å². The van der Waals surface area contributed by atoms with E-state index in [0.717, 1.165) is 12.2 Å². The van der Waals surface area contributed by atoms with Crippen molar-refractivity contribution in [3.05, 3.63) is 0 Å². The number of rotatable bonds is 6. The van der Waals surface area contributed by atoms with Gasteiger partial charge in [0.2, 0.25) is 5.91 Å². The molecule has 0 aliphatic rings. The normalized spacial score (nSPS) is 12.6. The zero-order valence-electron chi connectivity index (χ0n) is 8.75. The molecule has 78 valence electrons. The molecule has 0 aromatic heterocycles. The molecule has 13 heavy (non-hydrogen) atoms. The summed E-state index contributed by atoms with van der Waals surface area (Å²) in [4.78, 5) is 13.2. The molecule has 0 aromatic rings. The van der Waals surface area contributed by atoms with Gasteiger partial charge in [-0.15, -0.1) is 0 Å². The smallest absolute Gasteiger partial charge is 0.223 e. The van der Waals surface area contributed by atoms with Crippen molar-refractivity contribution >= 4 is 17.7 Å². The van der Waals surface area contributed by atoms with E-state index in [9.17, 15) is 4.79 Å². The second kappa shape index (κ2) is 7.21. The van der Waals surface area contributed by atoms with Crippen LogP contribution in [0.4, 0.5) is 0 Å². The fraction of sp³-hybridized carbons (Fsp3) is 0.889. The topological polar surface area (TPSA) is 46.3 Å². The van der Waals surface area contributed by atoms with Crippen LogP contribution in [0.1, 0.15) is 19.8 Å². The maximum absolute atomic E-state index is 11.4. The number of hydrogen-bond acceptors (Lipinski definition) is 3. The van der Waals surface area contributed by atoms with Gasteiger partial charge in [0.05, 0.1) is 0 Å². The predicted octanol–water partition coefficient (Wildman–Crippen LogP) is 0.935. The Hall–Kier alpha value is -0.220. The molecular formula is C9H20N2OS. The summed E-state index contributed by atoms with van der Waals surface area (Å²) in [6, 6.07) is 0.325. The van der Waals surface area contributed by atoms with Gasteiger partial charge in [-0.3, -0.25) is 4.79 Å². The molecule has 0 unspecified atom stereocenters. The molecule has 1 amide bonds. The van der Waals surface area contributed by atoms with Crippen molar-refractivity contribution in [2.45, 2.75) is 25.8 Å². The van der Waals surface area contributed by atoms with Crippen LogP contribution in [0.3, 0.4) is 0 Å². The van der Waals surface area contributed by atoms with Crippen molar-refractivity contribution < 1.29 is 4.79 Å². The fourth-order valence-corrected chi connectivity index (χ4v) is 1.60. The minimum Gasteiger partial charge on any atom is -0.343 e. The van der Waals surface area contributed by atoms with E-state index >= 15 is 0 Å². The molecular weight excluding hydrogens is 184 g/mol. The Morgan fingerprint density at radius 1 is 1.62 bits per heavy atom. The highest BCUT2D eigenvalue weighted by molar-refractivity contribution is 7.98. The standard InChI is InChI=1S/C9H20N2OS/c1-8(5-7-13-3)11(2)9(12)4-6-10/h8H,4-7,10H2,1-3H3/t8-/m1/s1. The quantitative estimate of drug-likeness (QED) is 0.700. The largest absolute Gasteiger partial charge is 0.343 e. The Morgan fingerprint density at radius 2 is 2.23 bits per heavy atom. The molecule has 0 spiro atoms. The first kappa shape index (κ1) is 12.8. The molecule has 0 radical (unpaired) electrons. The van der Waals surface area contributed by atoms with Crippen molar-refractivity contribution in [1.82, 2.24) is 4.90 Å². The first-order valence-corrected chi connectivity index (χ1v) is 5.97. The van der Waals surface area contributed by atoms with E-state index in [1.165, 1.54) is 0 Å². The van der Waals surface area contributed by atoms with Gasteiger partial charge < -0.3 is 10.6 Å². The van der Waals surface area contributed by atoms with Gasteiger partial charge in [0.1, 0.15) is 0 Å². The lowest BCUT2D eigenvalue weighted by Gasteiger charge is -2.24. The molecule has 4 heteroatoms. The van der Waals surface area contributed by atoms with Crippen LogP contribution in [0.25, 0.3) is 0 Å². The minimum absolute atomic E-state index is 0.149. The summed E-state index contributed by atoms with van der Waals surface area (Å²) in [5.74, 6) is 1.25. The Kier molecular flexibility index (Phi) is 7.09. The van der Waals surface area contributed by atoms with Gasteiger partial charge in [-0.2, -0.15) is 11.8 Å². The van der Waals surface area contributed by atoms with Gasteiger partial charge in [-0.25, -0.2) is 0 Å². The Balaban J connectivity index is 3.79. The molecule has 0 heterocycles. The van der Waals surface area contributed by atoms with Crippen LogP contribution >= 0.6 is 11.8 Å². The molecule has 0 rings (SSSR count). The predicted molar refractivity (Wildman–Crippen MR) is 58.9 cm³/mol. The summed E-state index contributed by atoms with van der Waals surface area (Å²) in [5.41, 5.74) is 5.32. The Bertz CT molecular complexity index is 153. The van der Waals surface area contributed by atoms with Gasteiger partial charge in [0.25, 0.3) is 0 Å². The third kappa shape index (κ3) is 5.16. The molecule has 3 nitrogen and oxygen atoms in total. The third-order valence-corrected chi connectivity index (χ3v) is 2.80. The van der Waals surface area contributed by atoms with Crippen molar-refractivity contribution in [2.75, 3.05) is 25.6 Å². The van der Waals surface area contributed by atoms with Crippen LogP contribution in [0.5, 0.6) is 0 Å². The molecule has 1 atom stereocenters. The summed E-state index contributed by atoms with van der Waals surface area (Å²) in [7, 11) is 1.85. The van der Waals surface area contributed by atoms with Gasteiger partial charge in [0.15, 0.2) is 0 Å². The summed E-state index contributed by atoms with van der Waals surface area (Å²) in [5, 5.41) is 0. The lowest BCUT2D eigenvalue weighted by atomic mass is 10.2. The minimum atomic E-state index is 0.149. The van der Waals surface area contributed by atoms with Gasteiger partial charge in [-0.1, -0.05) is 0 Å². The van der Waals surface area contributed by atoms with Gasteiger partial charge >= 0.3 is 0 Å². The number of carbonyl (C=O) groups is 1. The maximum atomic E-state index is 11.4. The number of amides is 1. The number of nitrogens with two attached hydrogens (primary N) is 1. The maximum Gasteiger partial charge on any atom is 0.223 e. The third-order valence-electron chi connectivity index (χ3n) is 2.15. The van der Waals surface area contributed by atoms with Crippen LogP contribution in [-0.2, 0) is 4.79 Å². The SMILES string of the molecule is CSCC[C@@H](C)N(C)C(=O)CCN. The van der Waals surface area contributed by atoms with Crippen molar-refractivity contribution in [3.63, 3.8) is 0 Å². The van der Waals surface area contributed by atoms with Crippen LogP contribution in [0.15, 0.2) is 0 Å². The highest BCUT2D eigenvalue weighted by Gasteiger charge is 2.13. The summed E-state index contributed by atoms with van der Waals surface area (Å²) in [6.45, 7) is 2.52. The van der Waals surface area contributed by atoms with Crippen LogP contribution < -0.4 is 5.73 Å². The summed E-state index contributed by atoms with van der Waals surface area (Å²) >= 11 is 1.81. The highest BCUT2D eigenvalue weighted by atomic mass is 32.2. The highest BCUT2D eigenvalue weighted by Crippen LogP contribution is 2.06. The average Bonchev–Trinajstić information content (AvgIpc) is 2.13. The molecule has 0 aromatic carbocycles. The molecule has 0 saturated heterocycles. The molecule has 0 aliphatic heterocycles. The lowest BCUT2D eigenvalue weighted by Crippen LogP contribution is -2.36.